The molecule has 0 aliphatic heterocycles. The van der Waals surface area contributed by atoms with Gasteiger partial charge in [-0.05, 0) is 47.1 Å². The number of benzene rings is 2. The highest BCUT2D eigenvalue weighted by atomic mass is 79.9. The number of hydrazone groups is 1. The van der Waals surface area contributed by atoms with Crippen LogP contribution in [-0.4, -0.2) is 36.9 Å². The minimum Gasteiger partial charge on any atom is -0.378 e. The largest absolute Gasteiger partial charge is 0.378 e. The van der Waals surface area contributed by atoms with Crippen LogP contribution in [0.25, 0.3) is 5.82 Å². The van der Waals surface area contributed by atoms with Crippen LogP contribution in [0, 0.1) is 0 Å². The monoisotopic (exact) mass is 512 g/mol. The Kier molecular flexibility index (Phi) is 6.61. The molecule has 4 aromatic rings. The number of nitrogen functional groups attached to an aromatic ring is 1. The van der Waals surface area contributed by atoms with Crippen LogP contribution in [0.5, 0.6) is 0 Å². The molecule has 2 heterocycles. The number of amides is 1. The predicted octanol–water partition coefficient (Wildman–Crippen LogP) is 3.44. The number of thioether (sulfide) groups is 1. The number of carbonyl (C=O) groups is 1. The van der Waals surface area contributed by atoms with Gasteiger partial charge < -0.3 is 5.73 Å². The van der Waals surface area contributed by atoms with Crippen molar-refractivity contribution in [3.05, 3.63) is 76.0 Å². The summed E-state index contributed by atoms with van der Waals surface area (Å²) in [5.41, 5.74) is 10.5. The van der Waals surface area contributed by atoms with Crippen LogP contribution in [0.15, 0.2) is 73.7 Å². The molecule has 4 rings (SSSR count). The number of rotatable bonds is 7. The first-order chi connectivity index (χ1) is 15.5. The van der Waals surface area contributed by atoms with E-state index in [0.29, 0.717) is 17.2 Å². The molecule has 10 nitrogen and oxygen atoms in total. The predicted molar refractivity (Wildman–Crippen MR) is 123 cm³/mol. The fourth-order valence-corrected chi connectivity index (χ4v) is 3.90. The Morgan fingerprint density at radius 2 is 1.94 bits per heavy atom. The van der Waals surface area contributed by atoms with Crippen molar-refractivity contribution in [3.8, 4) is 5.82 Å². The van der Waals surface area contributed by atoms with Crippen LogP contribution in [0.1, 0.15) is 28.7 Å². The molecule has 32 heavy (non-hydrogen) atoms. The fraction of sp³-hybridized carbons (Fsp3) is 0.100. The van der Waals surface area contributed by atoms with Gasteiger partial charge in [-0.3, -0.25) is 4.79 Å². The second-order valence-corrected chi connectivity index (χ2v) is 8.48. The van der Waals surface area contributed by atoms with Crippen LogP contribution < -0.4 is 11.2 Å². The summed E-state index contributed by atoms with van der Waals surface area (Å²) in [5.74, 6) is 0.0691. The van der Waals surface area contributed by atoms with Crippen LogP contribution in [0.3, 0.4) is 0 Å². The lowest BCUT2D eigenvalue weighted by Gasteiger charge is -2.06. The second-order valence-electron chi connectivity index (χ2n) is 6.52. The highest BCUT2D eigenvalue weighted by Gasteiger charge is 2.24. The zero-order chi connectivity index (χ0) is 22.5. The maximum atomic E-state index is 12.9. The van der Waals surface area contributed by atoms with Gasteiger partial charge in [0.25, 0.3) is 5.91 Å². The molecular formula is C20H17BrN8O2S. The van der Waals surface area contributed by atoms with Crippen molar-refractivity contribution < 1.29 is 9.42 Å². The molecule has 0 atom stereocenters. The van der Waals surface area contributed by atoms with E-state index in [1.54, 1.807) is 6.92 Å². The first-order valence-electron chi connectivity index (χ1n) is 9.34. The SMILES string of the molecule is C/C(=N/NC(=O)c1nnn(-c2nonc2N)c1CSc1ccccc1)c1ccc(Br)cc1. The number of carbonyl (C=O) groups excluding carboxylic acids is 1. The lowest BCUT2D eigenvalue weighted by Crippen LogP contribution is -2.21. The molecule has 162 valence electrons. The van der Waals surface area contributed by atoms with Crippen LogP contribution in [-0.2, 0) is 5.75 Å². The van der Waals surface area contributed by atoms with E-state index in [4.69, 9.17) is 5.73 Å². The third kappa shape index (κ3) is 4.86. The summed E-state index contributed by atoms with van der Waals surface area (Å²) in [4.78, 5) is 13.9. The number of hydrogen-bond acceptors (Lipinski definition) is 9. The molecule has 0 spiro atoms. The normalized spacial score (nSPS) is 11.5. The van der Waals surface area contributed by atoms with Crippen molar-refractivity contribution in [3.63, 3.8) is 0 Å². The van der Waals surface area contributed by atoms with E-state index in [1.165, 1.54) is 16.4 Å². The van der Waals surface area contributed by atoms with Crippen molar-refractivity contribution in [1.29, 1.82) is 0 Å². The van der Waals surface area contributed by atoms with Gasteiger partial charge in [-0.25, -0.2) is 10.1 Å². The van der Waals surface area contributed by atoms with Gasteiger partial charge in [0.15, 0.2) is 5.69 Å². The minimum absolute atomic E-state index is 0.0388. The number of hydrogen-bond donors (Lipinski definition) is 2. The Labute approximate surface area is 195 Å². The van der Waals surface area contributed by atoms with Gasteiger partial charge in [0.05, 0.1) is 11.4 Å². The summed E-state index contributed by atoms with van der Waals surface area (Å²) < 4.78 is 6.98. The Bertz CT molecular complexity index is 1250. The smallest absolute Gasteiger partial charge is 0.293 e. The first kappa shape index (κ1) is 21.7. The first-order valence-corrected chi connectivity index (χ1v) is 11.1. The summed E-state index contributed by atoms with van der Waals surface area (Å²) in [6.45, 7) is 1.80. The number of aromatic nitrogens is 5. The molecule has 0 saturated heterocycles. The van der Waals surface area contributed by atoms with Crippen molar-refractivity contribution >= 4 is 45.1 Å². The van der Waals surface area contributed by atoms with Crippen molar-refractivity contribution in [2.24, 2.45) is 5.10 Å². The fourth-order valence-electron chi connectivity index (χ4n) is 2.73. The standard InChI is InChI=1S/C20H17BrN8O2S/c1-12(13-7-9-14(21)10-8-13)23-25-20(30)17-16(11-32-15-5-3-2-4-6-15)29(28-24-17)19-18(22)26-31-27-19/h2-10H,11H2,1H3,(H2,22,26)(H,25,30)/b23-12-. The third-order valence-electron chi connectivity index (χ3n) is 4.38. The quantitative estimate of drug-likeness (QED) is 0.218. The van der Waals surface area contributed by atoms with E-state index in [2.05, 4.69) is 51.7 Å². The highest BCUT2D eigenvalue weighted by Crippen LogP contribution is 2.25. The van der Waals surface area contributed by atoms with Gasteiger partial charge in [0, 0.05) is 15.1 Å². The Hall–Kier alpha value is -3.51. The second kappa shape index (κ2) is 9.75. The molecule has 2 aromatic heterocycles. The van der Waals surface area contributed by atoms with E-state index in [9.17, 15) is 4.79 Å². The molecule has 0 radical (unpaired) electrons. The van der Waals surface area contributed by atoms with E-state index in [0.717, 1.165) is 14.9 Å². The Morgan fingerprint density at radius 1 is 1.19 bits per heavy atom. The van der Waals surface area contributed by atoms with E-state index >= 15 is 0 Å². The van der Waals surface area contributed by atoms with Gasteiger partial charge in [0.2, 0.25) is 11.6 Å². The number of nitrogens with one attached hydrogen (secondary N) is 1. The average molecular weight is 513 g/mol. The maximum absolute atomic E-state index is 12.9. The minimum atomic E-state index is -0.508. The topological polar surface area (TPSA) is 137 Å². The van der Waals surface area contributed by atoms with Crippen LogP contribution >= 0.6 is 27.7 Å². The maximum Gasteiger partial charge on any atom is 0.293 e. The summed E-state index contributed by atoms with van der Waals surface area (Å²) in [6, 6.07) is 17.3. The molecule has 0 aliphatic rings. The van der Waals surface area contributed by atoms with Gasteiger partial charge in [-0.15, -0.1) is 16.9 Å². The third-order valence-corrected chi connectivity index (χ3v) is 5.93. The molecule has 3 N–H and O–H groups in total. The molecule has 0 bridgehead atoms. The molecular weight excluding hydrogens is 496 g/mol. The van der Waals surface area contributed by atoms with E-state index in [-0.39, 0.29) is 17.3 Å². The van der Waals surface area contributed by atoms with Crippen LogP contribution in [0.4, 0.5) is 5.82 Å². The van der Waals surface area contributed by atoms with Crippen molar-refractivity contribution in [2.45, 2.75) is 17.6 Å². The lowest BCUT2D eigenvalue weighted by molar-refractivity contribution is 0.0949. The number of nitrogens with two attached hydrogens (primary N) is 1. The van der Waals surface area contributed by atoms with Crippen molar-refractivity contribution in [1.82, 2.24) is 30.7 Å². The molecule has 1 amide bonds. The average Bonchev–Trinajstić information content (AvgIpc) is 3.42. The Morgan fingerprint density at radius 3 is 2.62 bits per heavy atom. The van der Waals surface area contributed by atoms with E-state index < -0.39 is 5.91 Å². The number of nitrogens with zero attached hydrogens (tertiary/aromatic N) is 6. The summed E-state index contributed by atoms with van der Waals surface area (Å²) in [6.07, 6.45) is 0. The Balaban J connectivity index is 1.60. The van der Waals surface area contributed by atoms with Crippen LogP contribution in [0.2, 0.25) is 0 Å². The number of halogens is 1. The molecule has 2 aromatic carbocycles. The zero-order valence-electron chi connectivity index (χ0n) is 16.8. The highest BCUT2D eigenvalue weighted by molar-refractivity contribution is 9.10. The van der Waals surface area contributed by atoms with Gasteiger partial charge in [-0.1, -0.05) is 51.5 Å². The number of anilines is 1. The van der Waals surface area contributed by atoms with E-state index in [1.807, 2.05) is 54.6 Å². The molecule has 12 heteroatoms. The molecule has 0 saturated carbocycles. The summed E-state index contributed by atoms with van der Waals surface area (Å²) in [7, 11) is 0. The summed E-state index contributed by atoms with van der Waals surface area (Å²) in [5, 5.41) is 19.6. The molecule has 0 aliphatic carbocycles. The van der Waals surface area contributed by atoms with Crippen molar-refractivity contribution in [2.75, 3.05) is 5.73 Å². The molecule has 0 unspecified atom stereocenters. The lowest BCUT2D eigenvalue weighted by atomic mass is 10.1. The summed E-state index contributed by atoms with van der Waals surface area (Å²) >= 11 is 4.91. The van der Waals surface area contributed by atoms with Gasteiger partial charge in [0.1, 0.15) is 0 Å². The van der Waals surface area contributed by atoms with Gasteiger partial charge >= 0.3 is 0 Å². The van der Waals surface area contributed by atoms with Gasteiger partial charge in [-0.2, -0.15) is 9.78 Å². The molecule has 0 fully saturated rings. The zero-order valence-corrected chi connectivity index (χ0v) is 19.2.